The van der Waals surface area contributed by atoms with Gasteiger partial charge in [0.05, 0.1) is 5.60 Å². The minimum absolute atomic E-state index is 0.641. The van der Waals surface area contributed by atoms with Crippen molar-refractivity contribution in [3.63, 3.8) is 0 Å². The maximum absolute atomic E-state index is 10.4. The number of thiophene rings is 1. The molecule has 96 valence electrons. The molecule has 1 unspecified atom stereocenters. The number of aryl methyl sites for hydroxylation is 1. The fourth-order valence-electron chi connectivity index (χ4n) is 1.98. The molecule has 0 aliphatic heterocycles. The summed E-state index contributed by atoms with van der Waals surface area (Å²) in [6.45, 7) is 1.92. The van der Waals surface area contributed by atoms with Gasteiger partial charge in [0.25, 0.3) is 0 Å². The lowest BCUT2D eigenvalue weighted by molar-refractivity contribution is 0.0518. The van der Waals surface area contributed by atoms with Gasteiger partial charge in [-0.2, -0.15) is 0 Å². The van der Waals surface area contributed by atoms with Crippen LogP contribution in [-0.2, 0) is 12.8 Å². The van der Waals surface area contributed by atoms with Crippen molar-refractivity contribution in [2.24, 2.45) is 0 Å². The van der Waals surface area contributed by atoms with Gasteiger partial charge < -0.3 is 5.11 Å². The van der Waals surface area contributed by atoms with Gasteiger partial charge in [-0.15, -0.1) is 11.3 Å². The van der Waals surface area contributed by atoms with Crippen molar-refractivity contribution in [1.82, 2.24) is 0 Å². The average molecular weight is 325 g/mol. The molecule has 1 aromatic carbocycles. The van der Waals surface area contributed by atoms with Gasteiger partial charge in [-0.3, -0.25) is 0 Å². The highest BCUT2D eigenvalue weighted by Gasteiger charge is 2.20. The Labute approximate surface area is 121 Å². The molecule has 1 heterocycles. The van der Waals surface area contributed by atoms with E-state index in [-0.39, 0.29) is 0 Å². The zero-order valence-electron chi connectivity index (χ0n) is 10.4. The van der Waals surface area contributed by atoms with E-state index in [0.717, 1.165) is 17.3 Å². The van der Waals surface area contributed by atoms with E-state index >= 15 is 0 Å². The van der Waals surface area contributed by atoms with Crippen LogP contribution in [0.15, 0.2) is 46.3 Å². The first-order chi connectivity index (χ1) is 8.55. The predicted octanol–water partition coefficient (Wildman–Crippen LogP) is 4.44. The first kappa shape index (κ1) is 13.8. The van der Waals surface area contributed by atoms with Crippen molar-refractivity contribution in [3.05, 3.63) is 56.7 Å². The van der Waals surface area contributed by atoms with Gasteiger partial charge in [-0.05, 0) is 48.9 Å². The van der Waals surface area contributed by atoms with Crippen molar-refractivity contribution < 1.29 is 5.11 Å². The summed E-state index contributed by atoms with van der Waals surface area (Å²) < 4.78 is 1.07. The van der Waals surface area contributed by atoms with Gasteiger partial charge >= 0.3 is 0 Å². The summed E-state index contributed by atoms with van der Waals surface area (Å²) in [5.74, 6) is 0. The predicted molar refractivity (Wildman–Crippen MR) is 81.1 cm³/mol. The highest BCUT2D eigenvalue weighted by molar-refractivity contribution is 9.10. The van der Waals surface area contributed by atoms with E-state index in [0.29, 0.717) is 6.42 Å². The molecule has 0 amide bonds. The van der Waals surface area contributed by atoms with Gasteiger partial charge in [0.1, 0.15) is 0 Å². The van der Waals surface area contributed by atoms with Gasteiger partial charge in [-0.1, -0.05) is 34.1 Å². The Balaban J connectivity index is 1.92. The van der Waals surface area contributed by atoms with E-state index in [1.54, 1.807) is 11.3 Å². The van der Waals surface area contributed by atoms with Crippen LogP contribution in [0.2, 0.25) is 0 Å². The first-order valence-corrected chi connectivity index (χ1v) is 7.72. The van der Waals surface area contributed by atoms with E-state index in [1.807, 2.05) is 19.1 Å². The molecule has 1 nitrogen and oxygen atoms in total. The van der Waals surface area contributed by atoms with Crippen LogP contribution in [0.3, 0.4) is 0 Å². The zero-order chi connectivity index (χ0) is 13.0. The monoisotopic (exact) mass is 324 g/mol. The number of halogens is 1. The second-order valence-electron chi connectivity index (χ2n) is 4.88. The third kappa shape index (κ3) is 4.23. The molecule has 1 atom stereocenters. The molecule has 0 spiro atoms. The lowest BCUT2D eigenvalue weighted by Gasteiger charge is -2.23. The molecular formula is C15H17BrOS. The van der Waals surface area contributed by atoms with Gasteiger partial charge in [0.2, 0.25) is 0 Å². The third-order valence-electron chi connectivity index (χ3n) is 2.99. The molecule has 0 fully saturated rings. The highest BCUT2D eigenvalue weighted by atomic mass is 79.9. The molecule has 0 aliphatic carbocycles. The van der Waals surface area contributed by atoms with E-state index in [2.05, 4.69) is 45.6 Å². The van der Waals surface area contributed by atoms with Gasteiger partial charge in [0, 0.05) is 15.8 Å². The molecule has 18 heavy (non-hydrogen) atoms. The Hall–Kier alpha value is -0.640. The number of aliphatic hydroxyl groups is 1. The quantitative estimate of drug-likeness (QED) is 0.862. The van der Waals surface area contributed by atoms with Gasteiger partial charge in [0.15, 0.2) is 0 Å². The second-order valence-corrected chi connectivity index (χ2v) is 6.83. The molecule has 3 heteroatoms. The summed E-state index contributed by atoms with van der Waals surface area (Å²) in [6.07, 6.45) is 2.44. The summed E-state index contributed by atoms with van der Waals surface area (Å²) in [5.41, 5.74) is 0.534. The smallest absolute Gasteiger partial charge is 0.0663 e. The third-order valence-corrected chi connectivity index (χ3v) is 4.45. The molecular weight excluding hydrogens is 308 g/mol. The summed E-state index contributed by atoms with van der Waals surface area (Å²) in [7, 11) is 0. The van der Waals surface area contributed by atoms with E-state index in [4.69, 9.17) is 0 Å². The molecule has 0 saturated carbocycles. The van der Waals surface area contributed by atoms with Crippen LogP contribution in [0.5, 0.6) is 0 Å². The van der Waals surface area contributed by atoms with Crippen molar-refractivity contribution in [2.75, 3.05) is 0 Å². The molecule has 2 rings (SSSR count). The summed E-state index contributed by atoms with van der Waals surface area (Å²) in [5, 5.41) is 12.5. The molecule has 0 aliphatic rings. The van der Waals surface area contributed by atoms with Gasteiger partial charge in [-0.25, -0.2) is 0 Å². The maximum Gasteiger partial charge on any atom is 0.0663 e. The lowest BCUT2D eigenvalue weighted by atomic mass is 9.91. The van der Waals surface area contributed by atoms with E-state index in [9.17, 15) is 5.11 Å². The van der Waals surface area contributed by atoms with Crippen LogP contribution in [0, 0.1) is 0 Å². The van der Waals surface area contributed by atoms with Crippen LogP contribution in [-0.4, -0.2) is 10.7 Å². The van der Waals surface area contributed by atoms with Crippen molar-refractivity contribution >= 4 is 27.3 Å². The lowest BCUT2D eigenvalue weighted by Crippen LogP contribution is -2.27. The van der Waals surface area contributed by atoms with Crippen molar-refractivity contribution in [2.45, 2.75) is 31.8 Å². The Morgan fingerprint density at radius 2 is 1.94 bits per heavy atom. The second kappa shape index (κ2) is 6.00. The Kier molecular flexibility index (Phi) is 4.60. The summed E-state index contributed by atoms with van der Waals surface area (Å²) in [6, 6.07) is 12.3. The van der Waals surface area contributed by atoms with Crippen molar-refractivity contribution in [1.29, 1.82) is 0 Å². The maximum atomic E-state index is 10.4. The van der Waals surface area contributed by atoms with Crippen LogP contribution >= 0.6 is 27.3 Å². The molecule has 1 aromatic heterocycles. The average Bonchev–Trinajstić information content (AvgIpc) is 2.83. The Morgan fingerprint density at radius 1 is 1.22 bits per heavy atom. The fourth-order valence-corrected chi connectivity index (χ4v) is 2.95. The Morgan fingerprint density at radius 3 is 2.56 bits per heavy atom. The first-order valence-electron chi connectivity index (χ1n) is 6.04. The van der Waals surface area contributed by atoms with E-state index in [1.165, 1.54) is 10.4 Å². The number of rotatable bonds is 5. The number of benzene rings is 1. The molecule has 0 radical (unpaired) electrons. The van der Waals surface area contributed by atoms with E-state index < -0.39 is 5.60 Å². The van der Waals surface area contributed by atoms with Crippen molar-refractivity contribution in [3.8, 4) is 0 Å². The minimum Gasteiger partial charge on any atom is -0.390 e. The Bertz CT molecular complexity index is 474. The van der Waals surface area contributed by atoms with Crippen LogP contribution in [0.1, 0.15) is 23.8 Å². The number of hydrogen-bond acceptors (Lipinski definition) is 2. The zero-order valence-corrected chi connectivity index (χ0v) is 12.8. The van der Waals surface area contributed by atoms with Crippen LogP contribution in [0.4, 0.5) is 0 Å². The molecule has 2 aromatic rings. The fraction of sp³-hybridized carbons (Fsp3) is 0.333. The highest BCUT2D eigenvalue weighted by Crippen LogP contribution is 2.22. The summed E-state index contributed by atoms with van der Waals surface area (Å²) >= 11 is 5.18. The number of hydrogen-bond donors (Lipinski definition) is 1. The SMILES string of the molecule is CC(O)(CCc1cccs1)Cc1ccc(Br)cc1. The van der Waals surface area contributed by atoms with Crippen LogP contribution in [0.25, 0.3) is 0 Å². The normalized spacial score (nSPS) is 14.4. The minimum atomic E-state index is -0.641. The molecule has 0 bridgehead atoms. The summed E-state index contributed by atoms with van der Waals surface area (Å²) in [4.78, 5) is 1.34. The molecule has 1 N–H and O–H groups in total. The van der Waals surface area contributed by atoms with Crippen LogP contribution < -0.4 is 0 Å². The largest absolute Gasteiger partial charge is 0.390 e. The molecule has 0 saturated heterocycles. The standard InChI is InChI=1S/C15H17BrOS/c1-15(17,9-8-14-3-2-10-18-14)11-12-4-6-13(16)7-5-12/h2-7,10,17H,8-9,11H2,1H3. The topological polar surface area (TPSA) is 20.2 Å².